The molecule has 1 aromatic heterocycles. The van der Waals surface area contributed by atoms with Gasteiger partial charge in [-0.3, -0.25) is 23.5 Å². The summed E-state index contributed by atoms with van der Waals surface area (Å²) in [6, 6.07) is 0. The number of thiazole rings is 1. The van der Waals surface area contributed by atoms with E-state index in [1.165, 1.54) is 5.38 Å². The van der Waals surface area contributed by atoms with Gasteiger partial charge in [0.1, 0.15) is 11.1 Å². The van der Waals surface area contributed by atoms with Gasteiger partial charge in [0.15, 0.2) is 16.6 Å². The molecule has 4 N–H and O–H groups in total. The van der Waals surface area contributed by atoms with Crippen LogP contribution in [0.25, 0.3) is 0 Å². The topological polar surface area (TPSA) is 216 Å². The second-order valence-electron chi connectivity index (χ2n) is 8.66. The van der Waals surface area contributed by atoms with Gasteiger partial charge in [-0.25, -0.2) is 14.6 Å². The van der Waals surface area contributed by atoms with Crippen LogP contribution in [0.15, 0.2) is 10.5 Å². The van der Waals surface area contributed by atoms with Gasteiger partial charge in [-0.15, -0.1) is 11.3 Å². The summed E-state index contributed by atoms with van der Waals surface area (Å²) in [6.45, 7) is 0. The molecule has 0 bridgehead atoms. The van der Waals surface area contributed by atoms with Gasteiger partial charge in [0.25, 0.3) is 5.72 Å². The third-order valence-corrected chi connectivity index (χ3v) is 9.01. The van der Waals surface area contributed by atoms with E-state index in [9.17, 15) is 38.4 Å². The number of β-lactam (4-membered cyclic amide) rings is 1. The van der Waals surface area contributed by atoms with E-state index in [1.54, 1.807) is 0 Å². The van der Waals surface area contributed by atoms with Gasteiger partial charge in [-0.05, 0) is 0 Å². The van der Waals surface area contributed by atoms with E-state index < -0.39 is 75.4 Å². The fourth-order valence-electron chi connectivity index (χ4n) is 4.56. The molecular weight excluding hydrogens is 508 g/mol. The van der Waals surface area contributed by atoms with Gasteiger partial charge in [0.05, 0.1) is 18.3 Å². The molecule has 0 spiro atoms. The van der Waals surface area contributed by atoms with Crippen LogP contribution in [-0.2, 0) is 44.3 Å². The smallest absolute Gasteiger partial charge is 0.370 e. The molecule has 1 saturated carbocycles. The number of carboxylic acid groups (broad SMARTS) is 2. The Kier molecular flexibility index (Phi) is 5.21. The summed E-state index contributed by atoms with van der Waals surface area (Å²) in [5.74, 6) is -7.51. The van der Waals surface area contributed by atoms with Crippen molar-refractivity contribution in [3.8, 4) is 0 Å². The summed E-state index contributed by atoms with van der Waals surface area (Å²) in [5.41, 5.74) is 1.49. The van der Waals surface area contributed by atoms with Crippen molar-refractivity contribution in [2.24, 2.45) is 17.0 Å². The van der Waals surface area contributed by atoms with E-state index in [2.05, 4.69) is 10.1 Å². The lowest BCUT2D eigenvalue weighted by molar-refractivity contribution is -0.220. The molecule has 0 unspecified atom stereocenters. The number of aromatic nitrogens is 1. The molecule has 16 heteroatoms. The Hall–Kier alpha value is -3.40. The van der Waals surface area contributed by atoms with Crippen molar-refractivity contribution in [2.45, 2.75) is 42.4 Å². The van der Waals surface area contributed by atoms with Crippen molar-refractivity contribution in [3.05, 3.63) is 11.1 Å². The molecule has 1 aliphatic carbocycles. The number of aliphatic carboxylic acids is 2. The standard InChI is InChI=1S/C19H18N4O10S2/c20-17-21-9(5-34-17)12(22-33-18(1-2-18)15(27)28)10(24)4-8-13(26)23-14(8)35(31)6-7-3-11(25)32-19(7,23)16(29)30/h5,7-8,14H,1-4,6H2,(H2,20,21)(H,27,28)(H,29,30)/b22-12-/t7-,8+,14+,19+,35-/m0/s1. The van der Waals surface area contributed by atoms with E-state index in [1.807, 2.05) is 0 Å². The quantitative estimate of drug-likeness (QED) is 0.159. The summed E-state index contributed by atoms with van der Waals surface area (Å²) in [5, 5.41) is 23.2. The fraction of sp³-hybridized carbons (Fsp3) is 0.526. The largest absolute Gasteiger partial charge is 0.478 e. The first kappa shape index (κ1) is 23.3. The van der Waals surface area contributed by atoms with Crippen LogP contribution in [0.3, 0.4) is 0 Å². The zero-order chi connectivity index (χ0) is 25.3. The van der Waals surface area contributed by atoms with Crippen LogP contribution in [0.4, 0.5) is 5.13 Å². The van der Waals surface area contributed by atoms with Gasteiger partial charge >= 0.3 is 17.9 Å². The molecule has 1 aromatic rings. The van der Waals surface area contributed by atoms with Crippen LogP contribution < -0.4 is 5.73 Å². The summed E-state index contributed by atoms with van der Waals surface area (Å²) < 4.78 is 18.0. The SMILES string of the molecule is Nc1nc(/C(=N/OC2(C(=O)O)CC2)C(=O)C[C@@H]2C(=O)N3[C@@H]2[S@@](=O)C[C@@H]2CC(=O)O[C@@]23C(=O)O)cs1. The first-order chi connectivity index (χ1) is 16.5. The Labute approximate surface area is 202 Å². The number of amides is 1. The molecule has 0 radical (unpaired) electrons. The number of hydrogen-bond donors (Lipinski definition) is 3. The highest BCUT2D eigenvalue weighted by molar-refractivity contribution is 7.85. The van der Waals surface area contributed by atoms with Gasteiger partial charge in [0, 0.05) is 41.2 Å². The maximum atomic E-state index is 13.2. The number of nitrogens with zero attached hydrogens (tertiary/aromatic N) is 3. The van der Waals surface area contributed by atoms with E-state index in [4.69, 9.17) is 15.3 Å². The van der Waals surface area contributed by atoms with Gasteiger partial charge < -0.3 is 25.5 Å². The number of nitrogens with two attached hydrogens (primary N) is 1. The zero-order valence-corrected chi connectivity index (χ0v) is 19.4. The van der Waals surface area contributed by atoms with E-state index in [0.717, 1.165) is 16.2 Å². The molecule has 3 saturated heterocycles. The first-order valence-electron chi connectivity index (χ1n) is 10.4. The average molecular weight is 527 g/mol. The Morgan fingerprint density at radius 2 is 2.03 bits per heavy atom. The molecule has 3 aliphatic heterocycles. The number of fused-ring (bicyclic) bond motifs is 3. The minimum atomic E-state index is -2.25. The number of Topliss-reactive ketones (excluding diaryl/α,β-unsaturated/α-hetero) is 1. The van der Waals surface area contributed by atoms with Crippen LogP contribution in [0.2, 0.25) is 0 Å². The predicted octanol–water partition coefficient (Wildman–Crippen LogP) is -1.09. The Bertz CT molecular complexity index is 1240. The number of nitrogen functional groups attached to an aromatic ring is 1. The summed E-state index contributed by atoms with van der Waals surface area (Å²) in [4.78, 5) is 71.4. The molecule has 5 rings (SSSR count). The van der Waals surface area contributed by atoms with Crippen molar-refractivity contribution in [1.29, 1.82) is 0 Å². The van der Waals surface area contributed by atoms with Crippen molar-refractivity contribution < 1.29 is 48.0 Å². The van der Waals surface area contributed by atoms with Crippen LogP contribution in [-0.4, -0.2) is 82.1 Å². The van der Waals surface area contributed by atoms with Crippen LogP contribution in [0.5, 0.6) is 0 Å². The minimum absolute atomic E-state index is 0.0128. The van der Waals surface area contributed by atoms with Crippen LogP contribution >= 0.6 is 11.3 Å². The predicted molar refractivity (Wildman–Crippen MR) is 115 cm³/mol. The number of ether oxygens (including phenoxy) is 1. The van der Waals surface area contributed by atoms with Crippen molar-refractivity contribution >= 4 is 62.6 Å². The lowest BCUT2D eigenvalue weighted by Crippen LogP contribution is -2.78. The van der Waals surface area contributed by atoms with E-state index in [-0.39, 0.29) is 41.6 Å². The van der Waals surface area contributed by atoms with Gasteiger partial charge in [-0.2, -0.15) is 0 Å². The number of anilines is 1. The second kappa shape index (κ2) is 7.81. The molecule has 4 heterocycles. The summed E-state index contributed by atoms with van der Waals surface area (Å²) in [6.07, 6.45) is -0.426. The maximum absolute atomic E-state index is 13.2. The lowest BCUT2D eigenvalue weighted by Gasteiger charge is -2.56. The Morgan fingerprint density at radius 3 is 2.60 bits per heavy atom. The highest BCUT2D eigenvalue weighted by Gasteiger charge is 2.73. The molecule has 5 atom stereocenters. The van der Waals surface area contributed by atoms with Crippen LogP contribution in [0.1, 0.15) is 31.4 Å². The summed E-state index contributed by atoms with van der Waals surface area (Å²) in [7, 11) is -1.76. The molecule has 14 nitrogen and oxygen atoms in total. The zero-order valence-electron chi connectivity index (χ0n) is 17.7. The highest BCUT2D eigenvalue weighted by atomic mass is 32.2. The highest BCUT2D eigenvalue weighted by Crippen LogP contribution is 2.50. The monoisotopic (exact) mass is 526 g/mol. The molecule has 0 aromatic carbocycles. The Morgan fingerprint density at radius 1 is 1.31 bits per heavy atom. The van der Waals surface area contributed by atoms with Crippen molar-refractivity contribution in [2.75, 3.05) is 11.5 Å². The van der Waals surface area contributed by atoms with Gasteiger partial charge in [0.2, 0.25) is 11.5 Å². The van der Waals surface area contributed by atoms with E-state index in [0.29, 0.717) is 0 Å². The van der Waals surface area contributed by atoms with Crippen molar-refractivity contribution in [1.82, 2.24) is 9.88 Å². The molecular formula is C19H18N4O10S2. The number of hydrogen-bond acceptors (Lipinski definition) is 12. The minimum Gasteiger partial charge on any atom is -0.478 e. The average Bonchev–Trinajstić information content (AvgIpc) is 3.35. The maximum Gasteiger partial charge on any atom is 0.370 e. The van der Waals surface area contributed by atoms with Gasteiger partial charge in [-0.1, -0.05) is 5.16 Å². The number of rotatable bonds is 8. The normalized spacial score (nSPS) is 32.7. The van der Waals surface area contributed by atoms with Crippen molar-refractivity contribution in [3.63, 3.8) is 0 Å². The molecule has 35 heavy (non-hydrogen) atoms. The number of carbonyl (C=O) groups is 5. The third kappa shape index (κ3) is 3.42. The molecule has 4 aliphatic rings. The lowest BCUT2D eigenvalue weighted by atomic mass is 9.84. The van der Waals surface area contributed by atoms with E-state index >= 15 is 0 Å². The Balaban J connectivity index is 1.41. The third-order valence-electron chi connectivity index (χ3n) is 6.53. The molecule has 1 amide bonds. The fourth-order valence-corrected chi connectivity index (χ4v) is 7.12. The number of esters is 1. The second-order valence-corrected chi connectivity index (χ2v) is 11.1. The molecule has 4 fully saturated rings. The molecule has 186 valence electrons. The number of carboxylic acids is 2. The number of ketones is 1. The first-order valence-corrected chi connectivity index (χ1v) is 12.7. The van der Waals surface area contributed by atoms with Crippen LogP contribution in [0, 0.1) is 11.8 Å². The summed E-state index contributed by atoms with van der Waals surface area (Å²) >= 11 is 1.00. The number of oxime groups is 1. The number of carbonyl (C=O) groups excluding carboxylic acids is 3.